The van der Waals surface area contributed by atoms with E-state index < -0.39 is 11.9 Å². The van der Waals surface area contributed by atoms with Crippen molar-refractivity contribution in [3.05, 3.63) is 70.6 Å². The summed E-state index contributed by atoms with van der Waals surface area (Å²) in [6.07, 6.45) is -1.88. The van der Waals surface area contributed by atoms with Crippen molar-refractivity contribution in [2.24, 2.45) is 0 Å². The molecule has 0 radical (unpaired) electrons. The van der Waals surface area contributed by atoms with Crippen LogP contribution in [0.2, 0.25) is 5.02 Å². The predicted octanol–water partition coefficient (Wildman–Crippen LogP) is 4.29. The summed E-state index contributed by atoms with van der Waals surface area (Å²) in [4.78, 5) is 20.1. The minimum Gasteiger partial charge on any atom is -0.483 e. The Bertz CT molecular complexity index is 1020. The van der Waals surface area contributed by atoms with Crippen LogP contribution in [0, 0.1) is 0 Å². The van der Waals surface area contributed by atoms with E-state index >= 15 is 0 Å². The van der Waals surface area contributed by atoms with E-state index in [0.29, 0.717) is 23.1 Å². The molecule has 0 fully saturated rings. The molecule has 0 saturated carbocycles. The van der Waals surface area contributed by atoms with E-state index in [2.05, 4.69) is 25.6 Å². The Kier molecular flexibility index (Phi) is 9.17. The molecule has 0 aliphatic heterocycles. The van der Waals surface area contributed by atoms with Gasteiger partial charge in [-0.1, -0.05) is 23.7 Å². The zero-order valence-corrected chi connectivity index (χ0v) is 17.5. The van der Waals surface area contributed by atoms with Crippen molar-refractivity contribution in [1.82, 2.24) is 20.3 Å². The lowest BCUT2D eigenvalue weighted by Crippen LogP contribution is -2.20. The van der Waals surface area contributed by atoms with E-state index in [-0.39, 0.29) is 24.5 Å². The van der Waals surface area contributed by atoms with Crippen molar-refractivity contribution in [2.45, 2.75) is 19.3 Å². The molecular formula is C20H19ClF3N5O3. The molecule has 12 heteroatoms. The highest BCUT2D eigenvalue weighted by Gasteiger charge is 2.36. The molecule has 170 valence electrons. The molecule has 3 rings (SSSR count). The first-order chi connectivity index (χ1) is 15.3. The molecule has 0 atom stereocenters. The summed E-state index contributed by atoms with van der Waals surface area (Å²) in [5, 5.41) is 13.0. The first-order valence-corrected chi connectivity index (χ1v) is 9.37. The molecule has 0 unspecified atom stereocenters. The van der Waals surface area contributed by atoms with Gasteiger partial charge < -0.3 is 20.5 Å². The normalized spacial score (nSPS) is 10.7. The fraction of sp³-hybridized carbons (Fsp3) is 0.200. The Hall–Kier alpha value is -3.44. The molecule has 32 heavy (non-hydrogen) atoms. The number of carbonyl (C=O) groups is 1. The zero-order valence-electron chi connectivity index (χ0n) is 16.7. The van der Waals surface area contributed by atoms with Crippen LogP contribution in [-0.4, -0.2) is 33.6 Å². The molecule has 0 aliphatic rings. The molecule has 1 aromatic carbocycles. The number of hydrogen-bond donors (Lipinski definition) is 3. The van der Waals surface area contributed by atoms with Crippen molar-refractivity contribution in [3.8, 4) is 5.88 Å². The van der Waals surface area contributed by atoms with Crippen molar-refractivity contribution < 1.29 is 27.8 Å². The monoisotopic (exact) mass is 469 g/mol. The van der Waals surface area contributed by atoms with Crippen LogP contribution in [0.4, 0.5) is 24.8 Å². The maximum Gasteiger partial charge on any atom is 0.433 e. The summed E-state index contributed by atoms with van der Waals surface area (Å²) in [6.45, 7) is 0.0229. The number of aromatic nitrogens is 3. The van der Waals surface area contributed by atoms with Gasteiger partial charge in [-0.3, -0.25) is 4.79 Å². The van der Waals surface area contributed by atoms with Gasteiger partial charge in [0.1, 0.15) is 0 Å². The van der Waals surface area contributed by atoms with E-state index in [1.54, 1.807) is 42.6 Å². The molecule has 0 saturated heterocycles. The minimum atomic E-state index is -4.62. The molecule has 3 aromatic rings. The maximum absolute atomic E-state index is 13.5. The number of ether oxygens (including phenoxy) is 1. The Morgan fingerprint density at radius 2 is 1.91 bits per heavy atom. The van der Waals surface area contributed by atoms with Gasteiger partial charge in [-0.2, -0.15) is 13.2 Å². The largest absolute Gasteiger partial charge is 0.483 e. The number of carboxylic acid groups (broad SMARTS) is 1. The number of nitrogens with zero attached hydrogens (tertiary/aromatic N) is 3. The van der Waals surface area contributed by atoms with Gasteiger partial charge in [0.05, 0.1) is 7.11 Å². The number of benzene rings is 1. The van der Waals surface area contributed by atoms with E-state index in [1.165, 1.54) is 7.11 Å². The highest BCUT2D eigenvalue weighted by Crippen LogP contribution is 2.31. The summed E-state index contributed by atoms with van der Waals surface area (Å²) in [6, 6.07) is 10.00. The zero-order chi connectivity index (χ0) is 23.6. The van der Waals surface area contributed by atoms with Gasteiger partial charge in [0.2, 0.25) is 11.8 Å². The van der Waals surface area contributed by atoms with Crippen LogP contribution < -0.4 is 15.4 Å². The second-order valence-corrected chi connectivity index (χ2v) is 6.55. The van der Waals surface area contributed by atoms with Gasteiger partial charge in [-0.25, -0.2) is 15.0 Å². The first kappa shape index (κ1) is 24.8. The van der Waals surface area contributed by atoms with Gasteiger partial charge in [0, 0.05) is 47.8 Å². The van der Waals surface area contributed by atoms with Crippen molar-refractivity contribution in [2.75, 3.05) is 12.4 Å². The molecule has 0 amide bonds. The fourth-order valence-corrected chi connectivity index (χ4v) is 2.71. The minimum absolute atomic E-state index is 0.0572. The van der Waals surface area contributed by atoms with Crippen molar-refractivity contribution >= 4 is 29.7 Å². The van der Waals surface area contributed by atoms with Crippen LogP contribution in [-0.2, 0) is 24.1 Å². The van der Waals surface area contributed by atoms with E-state index in [4.69, 9.17) is 26.2 Å². The van der Waals surface area contributed by atoms with Crippen LogP contribution >= 0.6 is 11.6 Å². The number of rotatable bonds is 7. The number of alkyl halides is 3. The standard InChI is InChI=1S/C19H17ClF3N5O.CH2O2/c1-29-16-6-5-12(9-25-16)8-24-10-13-11-26-18(28-17(13)19(21,22)23)27-15-4-2-3-14(20)7-15;2-1-3/h2-7,9,11,24H,8,10H2,1H3,(H,26,27,28);1H,(H,2,3). The lowest BCUT2D eigenvalue weighted by molar-refractivity contribution is -0.141. The van der Waals surface area contributed by atoms with Gasteiger partial charge >= 0.3 is 6.18 Å². The van der Waals surface area contributed by atoms with Gasteiger partial charge in [0.25, 0.3) is 6.47 Å². The second kappa shape index (κ2) is 11.8. The number of pyridine rings is 1. The number of nitrogens with one attached hydrogen (secondary N) is 2. The number of anilines is 2. The molecule has 2 heterocycles. The molecule has 8 nitrogen and oxygen atoms in total. The number of hydrogen-bond acceptors (Lipinski definition) is 7. The Balaban J connectivity index is 0.00000114. The topological polar surface area (TPSA) is 109 Å². The SMILES string of the molecule is COc1ccc(CNCc2cnc(Nc3cccc(Cl)c3)nc2C(F)(F)F)cn1.O=CO. The van der Waals surface area contributed by atoms with Crippen LogP contribution in [0.25, 0.3) is 0 Å². The second-order valence-electron chi connectivity index (χ2n) is 6.12. The molecule has 0 bridgehead atoms. The van der Waals surface area contributed by atoms with E-state index in [1.807, 2.05) is 0 Å². The lowest BCUT2D eigenvalue weighted by atomic mass is 10.2. The van der Waals surface area contributed by atoms with Crippen LogP contribution in [0.3, 0.4) is 0 Å². The van der Waals surface area contributed by atoms with Crippen molar-refractivity contribution in [1.29, 1.82) is 0 Å². The Labute approximate surface area is 186 Å². The third kappa shape index (κ3) is 7.67. The molecule has 0 spiro atoms. The predicted molar refractivity (Wildman–Crippen MR) is 112 cm³/mol. The third-order valence-electron chi connectivity index (χ3n) is 3.87. The molecular weight excluding hydrogens is 451 g/mol. The molecule has 2 aromatic heterocycles. The first-order valence-electron chi connectivity index (χ1n) is 9.00. The number of halogens is 4. The third-order valence-corrected chi connectivity index (χ3v) is 4.10. The van der Waals surface area contributed by atoms with Gasteiger partial charge in [-0.05, 0) is 23.8 Å². The van der Waals surface area contributed by atoms with Crippen LogP contribution in [0.5, 0.6) is 5.88 Å². The summed E-state index contributed by atoms with van der Waals surface area (Å²) < 4.78 is 45.4. The molecule has 3 N–H and O–H groups in total. The lowest BCUT2D eigenvalue weighted by Gasteiger charge is -2.14. The van der Waals surface area contributed by atoms with Gasteiger partial charge in [0.15, 0.2) is 5.69 Å². The van der Waals surface area contributed by atoms with Gasteiger partial charge in [-0.15, -0.1) is 0 Å². The summed E-state index contributed by atoms with van der Waals surface area (Å²) >= 11 is 5.88. The summed E-state index contributed by atoms with van der Waals surface area (Å²) in [5.74, 6) is 0.298. The quantitative estimate of drug-likeness (QED) is 0.440. The van der Waals surface area contributed by atoms with E-state index in [0.717, 1.165) is 11.8 Å². The Morgan fingerprint density at radius 3 is 2.50 bits per heavy atom. The van der Waals surface area contributed by atoms with Crippen molar-refractivity contribution in [3.63, 3.8) is 0 Å². The number of methoxy groups -OCH3 is 1. The maximum atomic E-state index is 13.5. The van der Waals surface area contributed by atoms with Crippen LogP contribution in [0.15, 0.2) is 48.8 Å². The smallest absolute Gasteiger partial charge is 0.433 e. The highest BCUT2D eigenvalue weighted by atomic mass is 35.5. The average Bonchev–Trinajstić information content (AvgIpc) is 2.75. The summed E-state index contributed by atoms with van der Waals surface area (Å²) in [7, 11) is 1.50. The van der Waals surface area contributed by atoms with E-state index in [9.17, 15) is 13.2 Å². The fourth-order valence-electron chi connectivity index (χ4n) is 2.51. The Morgan fingerprint density at radius 1 is 1.16 bits per heavy atom. The molecule has 0 aliphatic carbocycles. The van der Waals surface area contributed by atoms with Crippen LogP contribution in [0.1, 0.15) is 16.8 Å². The summed E-state index contributed by atoms with van der Waals surface area (Å²) in [5.41, 5.74) is 0.232. The average molecular weight is 470 g/mol. The highest BCUT2D eigenvalue weighted by molar-refractivity contribution is 6.30.